The zero-order valence-corrected chi connectivity index (χ0v) is 17.1. The average Bonchev–Trinajstić information content (AvgIpc) is 3.25. The molecule has 0 unspecified atom stereocenters. The van der Waals surface area contributed by atoms with Crippen LogP contribution in [-0.2, 0) is 27.6 Å². The summed E-state index contributed by atoms with van der Waals surface area (Å²) in [6, 6.07) is 12.0. The summed E-state index contributed by atoms with van der Waals surface area (Å²) in [7, 11) is -3.79. The van der Waals surface area contributed by atoms with Gasteiger partial charge in [0, 0.05) is 13.2 Å². The minimum atomic E-state index is -3.79. The lowest BCUT2D eigenvalue weighted by molar-refractivity contribution is 0.0858. The van der Waals surface area contributed by atoms with E-state index in [0.717, 1.165) is 50.7 Å². The highest BCUT2D eigenvalue weighted by atomic mass is 32.2. The molecule has 0 aromatic heterocycles. The third-order valence-electron chi connectivity index (χ3n) is 5.56. The van der Waals surface area contributed by atoms with Crippen molar-refractivity contribution in [1.29, 1.82) is 0 Å². The molecule has 6 nitrogen and oxygen atoms in total. The summed E-state index contributed by atoms with van der Waals surface area (Å²) < 4.78 is 34.1. The third kappa shape index (κ3) is 4.62. The molecule has 1 aliphatic carbocycles. The van der Waals surface area contributed by atoms with E-state index in [-0.39, 0.29) is 22.6 Å². The van der Waals surface area contributed by atoms with E-state index in [9.17, 15) is 13.2 Å². The highest BCUT2D eigenvalue weighted by Gasteiger charge is 2.22. The van der Waals surface area contributed by atoms with Crippen molar-refractivity contribution in [3.63, 3.8) is 0 Å². The number of amides is 1. The maximum Gasteiger partial charge on any atom is 0.261 e. The number of ether oxygens (including phenoxy) is 1. The molecule has 1 heterocycles. The van der Waals surface area contributed by atoms with Crippen molar-refractivity contribution in [3.8, 4) is 0 Å². The normalized spacial score (nSPS) is 18.8. The van der Waals surface area contributed by atoms with Gasteiger partial charge in [0.2, 0.25) is 0 Å². The number of rotatable bonds is 6. The van der Waals surface area contributed by atoms with Gasteiger partial charge < -0.3 is 10.1 Å². The third-order valence-corrected chi connectivity index (χ3v) is 6.92. The van der Waals surface area contributed by atoms with Crippen LogP contribution in [0.25, 0.3) is 0 Å². The second-order valence-electron chi connectivity index (χ2n) is 7.63. The highest BCUT2D eigenvalue weighted by molar-refractivity contribution is 7.92. The first-order valence-electron chi connectivity index (χ1n) is 10.2. The predicted octanol–water partition coefficient (Wildman–Crippen LogP) is 3.28. The minimum absolute atomic E-state index is 0.0262. The second kappa shape index (κ2) is 8.55. The molecule has 1 fully saturated rings. The molecular formula is C22H26N2O4S. The molecule has 7 heteroatoms. The number of nitrogens with one attached hydrogen (secondary N) is 2. The summed E-state index contributed by atoms with van der Waals surface area (Å²) in [5.41, 5.74) is 2.90. The quantitative estimate of drug-likeness (QED) is 0.760. The van der Waals surface area contributed by atoms with Crippen molar-refractivity contribution in [2.75, 3.05) is 17.9 Å². The van der Waals surface area contributed by atoms with Gasteiger partial charge in [0.25, 0.3) is 15.9 Å². The summed E-state index contributed by atoms with van der Waals surface area (Å²) in [6.45, 7) is 1.14. The number of sulfonamides is 1. The van der Waals surface area contributed by atoms with Crippen LogP contribution in [0.3, 0.4) is 0 Å². The van der Waals surface area contributed by atoms with Gasteiger partial charge in [-0.15, -0.1) is 0 Å². The Morgan fingerprint density at radius 3 is 2.62 bits per heavy atom. The van der Waals surface area contributed by atoms with Crippen molar-refractivity contribution in [2.24, 2.45) is 0 Å². The van der Waals surface area contributed by atoms with Gasteiger partial charge in [-0.2, -0.15) is 0 Å². The standard InChI is InChI=1S/C22H26N2O4S/c25-22(23-15-18-8-5-13-28-18)20-9-3-4-10-21(20)24-29(26,27)19-12-11-16-6-1-2-7-17(16)14-19/h3-4,9-12,14,18,24H,1-2,5-8,13,15H2,(H,23,25)/t18-/m0/s1. The number of aryl methyl sites for hydroxylation is 2. The Hall–Kier alpha value is -2.38. The van der Waals surface area contributed by atoms with Crippen molar-refractivity contribution < 1.29 is 17.9 Å². The smallest absolute Gasteiger partial charge is 0.261 e. The van der Waals surface area contributed by atoms with E-state index < -0.39 is 10.0 Å². The van der Waals surface area contributed by atoms with E-state index >= 15 is 0 Å². The van der Waals surface area contributed by atoms with Crippen LogP contribution >= 0.6 is 0 Å². The van der Waals surface area contributed by atoms with Crippen LogP contribution < -0.4 is 10.0 Å². The molecule has 2 aliphatic rings. The van der Waals surface area contributed by atoms with Crippen LogP contribution in [0.2, 0.25) is 0 Å². The molecule has 4 rings (SSSR count). The maximum absolute atomic E-state index is 13.0. The predicted molar refractivity (Wildman–Crippen MR) is 112 cm³/mol. The molecular weight excluding hydrogens is 388 g/mol. The summed E-state index contributed by atoms with van der Waals surface area (Å²) in [6.07, 6.45) is 6.07. The van der Waals surface area contributed by atoms with Gasteiger partial charge in [0.1, 0.15) is 0 Å². The maximum atomic E-state index is 13.0. The van der Waals surface area contributed by atoms with Crippen molar-refractivity contribution in [1.82, 2.24) is 5.32 Å². The second-order valence-corrected chi connectivity index (χ2v) is 9.32. The number of hydrogen-bond donors (Lipinski definition) is 2. The SMILES string of the molecule is O=C(NC[C@@H]1CCCO1)c1ccccc1NS(=O)(=O)c1ccc2c(c1)CCCC2. The van der Waals surface area contributed by atoms with Gasteiger partial charge in [-0.05, 0) is 73.9 Å². The van der Waals surface area contributed by atoms with E-state index in [2.05, 4.69) is 10.0 Å². The Kier molecular flexibility index (Phi) is 5.87. The van der Waals surface area contributed by atoms with Crippen LogP contribution in [-0.4, -0.2) is 33.6 Å². The lowest BCUT2D eigenvalue weighted by Crippen LogP contribution is -2.32. The summed E-state index contributed by atoms with van der Waals surface area (Å²) >= 11 is 0. The van der Waals surface area contributed by atoms with Gasteiger partial charge >= 0.3 is 0 Å². The Morgan fingerprint density at radius 1 is 1.03 bits per heavy atom. The molecule has 2 aromatic rings. The van der Waals surface area contributed by atoms with Crippen molar-refractivity contribution in [2.45, 2.75) is 49.5 Å². The largest absolute Gasteiger partial charge is 0.376 e. The van der Waals surface area contributed by atoms with Gasteiger partial charge in [-0.3, -0.25) is 9.52 Å². The fraction of sp³-hybridized carbons (Fsp3) is 0.409. The van der Waals surface area contributed by atoms with Crippen LogP contribution in [0, 0.1) is 0 Å². The van der Waals surface area contributed by atoms with E-state index in [1.807, 2.05) is 6.07 Å². The topological polar surface area (TPSA) is 84.5 Å². The monoisotopic (exact) mass is 414 g/mol. The molecule has 1 amide bonds. The number of para-hydroxylation sites is 1. The van der Waals surface area contributed by atoms with E-state index in [1.165, 1.54) is 5.56 Å². The summed E-state index contributed by atoms with van der Waals surface area (Å²) in [4.78, 5) is 12.9. The molecule has 2 aromatic carbocycles. The van der Waals surface area contributed by atoms with E-state index in [0.29, 0.717) is 12.1 Å². The minimum Gasteiger partial charge on any atom is -0.376 e. The number of hydrogen-bond acceptors (Lipinski definition) is 4. The van der Waals surface area contributed by atoms with Gasteiger partial charge in [0.05, 0.1) is 22.3 Å². The molecule has 0 spiro atoms. The lowest BCUT2D eigenvalue weighted by atomic mass is 9.92. The molecule has 1 atom stereocenters. The van der Waals surface area contributed by atoms with Crippen molar-refractivity contribution >= 4 is 21.6 Å². The first-order chi connectivity index (χ1) is 14.0. The zero-order chi connectivity index (χ0) is 20.3. The molecule has 0 radical (unpaired) electrons. The molecule has 0 bridgehead atoms. The van der Waals surface area contributed by atoms with Crippen LogP contribution in [0.5, 0.6) is 0 Å². The number of carbonyl (C=O) groups is 1. The number of benzene rings is 2. The van der Waals surface area contributed by atoms with Crippen LogP contribution in [0.15, 0.2) is 47.4 Å². The molecule has 1 aliphatic heterocycles. The Labute approximate surface area is 171 Å². The average molecular weight is 415 g/mol. The number of fused-ring (bicyclic) bond motifs is 1. The Bertz CT molecular complexity index is 998. The Morgan fingerprint density at radius 2 is 1.83 bits per heavy atom. The summed E-state index contributed by atoms with van der Waals surface area (Å²) in [5, 5.41) is 2.85. The van der Waals surface area contributed by atoms with E-state index in [1.54, 1.807) is 36.4 Å². The highest BCUT2D eigenvalue weighted by Crippen LogP contribution is 2.26. The van der Waals surface area contributed by atoms with Gasteiger partial charge in [-0.1, -0.05) is 18.2 Å². The first-order valence-corrected chi connectivity index (χ1v) is 11.6. The fourth-order valence-electron chi connectivity index (χ4n) is 3.96. The zero-order valence-electron chi connectivity index (χ0n) is 16.3. The van der Waals surface area contributed by atoms with Crippen LogP contribution in [0.1, 0.15) is 47.2 Å². The number of carbonyl (C=O) groups excluding carboxylic acids is 1. The van der Waals surface area contributed by atoms with E-state index in [4.69, 9.17) is 4.74 Å². The van der Waals surface area contributed by atoms with Crippen molar-refractivity contribution in [3.05, 3.63) is 59.2 Å². The molecule has 0 saturated carbocycles. The van der Waals surface area contributed by atoms with Crippen LogP contribution in [0.4, 0.5) is 5.69 Å². The number of anilines is 1. The first kappa shape index (κ1) is 19.9. The fourth-order valence-corrected chi connectivity index (χ4v) is 5.09. The summed E-state index contributed by atoms with van der Waals surface area (Å²) in [5.74, 6) is -0.316. The van der Waals surface area contributed by atoms with Gasteiger partial charge in [0.15, 0.2) is 0 Å². The van der Waals surface area contributed by atoms with Gasteiger partial charge in [-0.25, -0.2) is 8.42 Å². The molecule has 154 valence electrons. The molecule has 29 heavy (non-hydrogen) atoms. The molecule has 2 N–H and O–H groups in total. The lowest BCUT2D eigenvalue weighted by Gasteiger charge is -2.18. The molecule has 1 saturated heterocycles. The Balaban J connectivity index is 1.52.